The third-order valence-electron chi connectivity index (χ3n) is 5.12. The highest BCUT2D eigenvalue weighted by Gasteiger charge is 2.30. The van der Waals surface area contributed by atoms with Gasteiger partial charge in [0.25, 0.3) is 0 Å². The first-order valence-electron chi connectivity index (χ1n) is 9.66. The SMILES string of the molecule is Cc1nc(CN(C)C[C@H]2CCCN(CCc3cccc(C(F)(F)F)c3)C2)no1. The summed E-state index contributed by atoms with van der Waals surface area (Å²) < 4.78 is 43.6. The first kappa shape index (κ1) is 20.8. The fraction of sp³-hybridized carbons (Fsp3) is 0.600. The monoisotopic (exact) mass is 396 g/mol. The van der Waals surface area contributed by atoms with E-state index in [1.54, 1.807) is 13.0 Å². The van der Waals surface area contributed by atoms with Gasteiger partial charge in [0.1, 0.15) is 0 Å². The smallest absolute Gasteiger partial charge is 0.340 e. The number of hydrogen-bond donors (Lipinski definition) is 0. The van der Waals surface area contributed by atoms with E-state index in [0.717, 1.165) is 50.7 Å². The summed E-state index contributed by atoms with van der Waals surface area (Å²) >= 11 is 0. The Morgan fingerprint density at radius 1 is 1.32 bits per heavy atom. The van der Waals surface area contributed by atoms with Gasteiger partial charge in [0.15, 0.2) is 5.82 Å². The van der Waals surface area contributed by atoms with Crippen LogP contribution in [0.4, 0.5) is 13.2 Å². The van der Waals surface area contributed by atoms with Crippen molar-refractivity contribution in [1.82, 2.24) is 19.9 Å². The number of aryl methyl sites for hydroxylation is 1. The summed E-state index contributed by atoms with van der Waals surface area (Å²) in [5, 5.41) is 3.93. The van der Waals surface area contributed by atoms with Gasteiger partial charge in [-0.3, -0.25) is 4.90 Å². The molecule has 1 aromatic carbocycles. The van der Waals surface area contributed by atoms with Crippen LogP contribution in [0.15, 0.2) is 28.8 Å². The van der Waals surface area contributed by atoms with Gasteiger partial charge in [-0.2, -0.15) is 18.2 Å². The highest BCUT2D eigenvalue weighted by molar-refractivity contribution is 5.25. The first-order valence-corrected chi connectivity index (χ1v) is 9.66. The normalized spacial score (nSPS) is 18.7. The Hall–Kier alpha value is -1.93. The number of halogens is 3. The Balaban J connectivity index is 1.47. The maximum Gasteiger partial charge on any atom is 0.416 e. The van der Waals surface area contributed by atoms with Crippen LogP contribution < -0.4 is 0 Å². The zero-order valence-electron chi connectivity index (χ0n) is 16.4. The number of alkyl halides is 3. The molecule has 0 saturated carbocycles. The molecule has 1 aliphatic rings. The molecule has 1 aliphatic heterocycles. The second kappa shape index (κ2) is 9.05. The zero-order valence-corrected chi connectivity index (χ0v) is 16.4. The molecule has 5 nitrogen and oxygen atoms in total. The van der Waals surface area contributed by atoms with Crippen molar-refractivity contribution in [1.29, 1.82) is 0 Å². The van der Waals surface area contributed by atoms with Crippen LogP contribution in [0.2, 0.25) is 0 Å². The zero-order chi connectivity index (χ0) is 20.1. The number of aromatic nitrogens is 2. The minimum Gasteiger partial charge on any atom is -0.340 e. The molecule has 0 unspecified atom stereocenters. The van der Waals surface area contributed by atoms with Crippen LogP contribution in [-0.4, -0.2) is 53.2 Å². The average Bonchev–Trinajstić information content (AvgIpc) is 3.04. The summed E-state index contributed by atoms with van der Waals surface area (Å²) in [7, 11) is 2.05. The van der Waals surface area contributed by atoms with Gasteiger partial charge in [0, 0.05) is 26.6 Å². The highest BCUT2D eigenvalue weighted by Crippen LogP contribution is 2.29. The largest absolute Gasteiger partial charge is 0.416 e. The highest BCUT2D eigenvalue weighted by atomic mass is 19.4. The fourth-order valence-corrected chi connectivity index (χ4v) is 3.85. The second-order valence-corrected chi connectivity index (χ2v) is 7.68. The lowest BCUT2D eigenvalue weighted by atomic mass is 9.97. The summed E-state index contributed by atoms with van der Waals surface area (Å²) in [4.78, 5) is 8.80. The molecule has 8 heteroatoms. The third kappa shape index (κ3) is 6.04. The topological polar surface area (TPSA) is 45.4 Å². The van der Waals surface area contributed by atoms with Gasteiger partial charge >= 0.3 is 6.18 Å². The van der Waals surface area contributed by atoms with Gasteiger partial charge in [0.05, 0.1) is 12.1 Å². The molecule has 2 aromatic rings. The number of benzene rings is 1. The fourth-order valence-electron chi connectivity index (χ4n) is 3.85. The van der Waals surface area contributed by atoms with Gasteiger partial charge in [-0.15, -0.1) is 0 Å². The Morgan fingerprint density at radius 2 is 2.14 bits per heavy atom. The first-order chi connectivity index (χ1) is 13.3. The lowest BCUT2D eigenvalue weighted by Crippen LogP contribution is -2.40. The molecule has 0 bridgehead atoms. The summed E-state index contributed by atoms with van der Waals surface area (Å²) in [6, 6.07) is 5.66. The lowest BCUT2D eigenvalue weighted by molar-refractivity contribution is -0.137. The molecule has 3 rings (SSSR count). The lowest BCUT2D eigenvalue weighted by Gasteiger charge is -2.34. The minimum absolute atomic E-state index is 0.535. The van der Waals surface area contributed by atoms with Crippen LogP contribution in [-0.2, 0) is 19.1 Å². The molecule has 154 valence electrons. The standard InChI is InChI=1S/C20H27F3N4O/c1-15-24-19(25-28-15)14-26(2)12-17-6-4-9-27(13-17)10-8-16-5-3-7-18(11-16)20(21,22)23/h3,5,7,11,17H,4,6,8-10,12-14H2,1-2H3/t17-/m1/s1. The van der Waals surface area contributed by atoms with Crippen LogP contribution in [0.25, 0.3) is 0 Å². The number of hydrogen-bond acceptors (Lipinski definition) is 5. The van der Waals surface area contributed by atoms with Gasteiger partial charge in [-0.25, -0.2) is 0 Å². The molecule has 0 radical (unpaired) electrons. The van der Waals surface area contributed by atoms with Gasteiger partial charge in [0.2, 0.25) is 5.89 Å². The van der Waals surface area contributed by atoms with Gasteiger partial charge < -0.3 is 9.42 Å². The van der Waals surface area contributed by atoms with Crippen molar-refractivity contribution in [2.75, 3.05) is 33.2 Å². The predicted molar refractivity (Wildman–Crippen MR) is 99.7 cm³/mol. The van der Waals surface area contributed by atoms with Crippen molar-refractivity contribution in [3.05, 3.63) is 47.1 Å². The molecule has 0 amide bonds. The molecule has 1 saturated heterocycles. The molecule has 0 spiro atoms. The molecule has 1 atom stereocenters. The second-order valence-electron chi connectivity index (χ2n) is 7.68. The van der Waals surface area contributed by atoms with Crippen molar-refractivity contribution in [3.63, 3.8) is 0 Å². The van der Waals surface area contributed by atoms with E-state index in [1.165, 1.54) is 12.1 Å². The summed E-state index contributed by atoms with van der Waals surface area (Å²) in [5.41, 5.74) is 0.168. The Labute approximate surface area is 163 Å². The van der Waals surface area contributed by atoms with E-state index >= 15 is 0 Å². The van der Waals surface area contributed by atoms with E-state index in [4.69, 9.17) is 4.52 Å². The summed E-state index contributed by atoms with van der Waals surface area (Å²) in [6.07, 6.45) is -1.37. The average molecular weight is 396 g/mol. The number of nitrogens with zero attached hydrogens (tertiary/aromatic N) is 4. The predicted octanol–water partition coefficient (Wildman–Crippen LogP) is 3.78. The van der Waals surface area contributed by atoms with Crippen LogP contribution in [0.5, 0.6) is 0 Å². The van der Waals surface area contributed by atoms with Crippen molar-refractivity contribution >= 4 is 0 Å². The maximum absolute atomic E-state index is 12.9. The molecule has 0 N–H and O–H groups in total. The Kier molecular flexibility index (Phi) is 6.72. The molecule has 1 fully saturated rings. The van der Waals surface area contributed by atoms with Crippen LogP contribution in [0.3, 0.4) is 0 Å². The third-order valence-corrected chi connectivity index (χ3v) is 5.12. The van der Waals surface area contributed by atoms with Crippen molar-refractivity contribution in [3.8, 4) is 0 Å². The summed E-state index contributed by atoms with van der Waals surface area (Å²) in [6.45, 7) is 6.12. The molecule has 1 aromatic heterocycles. The molecule has 28 heavy (non-hydrogen) atoms. The van der Waals surface area contributed by atoms with E-state index in [-0.39, 0.29) is 0 Å². The molecule has 2 heterocycles. The maximum atomic E-state index is 12.9. The van der Waals surface area contributed by atoms with Crippen molar-refractivity contribution in [2.24, 2.45) is 5.92 Å². The van der Waals surface area contributed by atoms with E-state index in [1.807, 2.05) is 7.05 Å². The van der Waals surface area contributed by atoms with Crippen LogP contribution >= 0.6 is 0 Å². The number of piperidine rings is 1. The van der Waals surface area contributed by atoms with Gasteiger partial charge in [-0.1, -0.05) is 23.4 Å². The molecular formula is C20H27F3N4O. The number of rotatable bonds is 7. The molecular weight excluding hydrogens is 369 g/mol. The van der Waals surface area contributed by atoms with Crippen LogP contribution in [0.1, 0.15) is 35.7 Å². The van der Waals surface area contributed by atoms with Crippen LogP contribution in [0, 0.1) is 12.8 Å². The Morgan fingerprint density at radius 3 is 2.86 bits per heavy atom. The molecule has 0 aliphatic carbocycles. The minimum atomic E-state index is -4.28. The van der Waals surface area contributed by atoms with E-state index in [0.29, 0.717) is 30.6 Å². The van der Waals surface area contributed by atoms with E-state index < -0.39 is 11.7 Å². The quantitative estimate of drug-likeness (QED) is 0.713. The van der Waals surface area contributed by atoms with E-state index in [9.17, 15) is 13.2 Å². The van der Waals surface area contributed by atoms with E-state index in [2.05, 4.69) is 19.9 Å². The van der Waals surface area contributed by atoms with Crippen molar-refractivity contribution in [2.45, 2.75) is 38.9 Å². The Bertz CT molecular complexity index is 762. The van der Waals surface area contributed by atoms with Gasteiger partial charge in [-0.05, 0) is 50.4 Å². The van der Waals surface area contributed by atoms with Crippen molar-refractivity contribution < 1.29 is 17.7 Å². The summed E-state index contributed by atoms with van der Waals surface area (Å²) in [5.74, 6) is 1.80. The number of likely N-dealkylation sites (tertiary alicyclic amines) is 1.